The SMILES string of the molecule is O=C(N[C@@H](C=Cc1ccccc1)CO)C(F)(F)F. The van der Waals surface area contributed by atoms with Crippen LogP contribution in [-0.4, -0.2) is 29.8 Å². The fraction of sp³-hybridized carbons (Fsp3) is 0.250. The Hall–Kier alpha value is -1.82. The molecule has 3 nitrogen and oxygen atoms in total. The van der Waals surface area contributed by atoms with Gasteiger partial charge in [-0.05, 0) is 5.56 Å². The molecular weight excluding hydrogens is 247 g/mol. The van der Waals surface area contributed by atoms with E-state index in [1.807, 2.05) is 0 Å². The molecule has 0 bridgehead atoms. The minimum atomic E-state index is -4.95. The van der Waals surface area contributed by atoms with E-state index in [0.29, 0.717) is 0 Å². The first kappa shape index (κ1) is 14.2. The molecule has 0 aliphatic heterocycles. The summed E-state index contributed by atoms with van der Waals surface area (Å²) in [6.07, 6.45) is -2.12. The monoisotopic (exact) mass is 259 g/mol. The summed E-state index contributed by atoms with van der Waals surface area (Å²) in [5.74, 6) is -2.07. The molecule has 2 N–H and O–H groups in total. The molecule has 1 rings (SSSR count). The van der Waals surface area contributed by atoms with Crippen LogP contribution in [0.1, 0.15) is 5.56 Å². The smallest absolute Gasteiger partial charge is 0.394 e. The molecule has 18 heavy (non-hydrogen) atoms. The number of amides is 1. The van der Waals surface area contributed by atoms with Gasteiger partial charge in [-0.1, -0.05) is 42.5 Å². The second-order valence-corrected chi connectivity index (χ2v) is 3.53. The molecule has 0 spiro atoms. The minimum Gasteiger partial charge on any atom is -0.394 e. The van der Waals surface area contributed by atoms with Gasteiger partial charge in [0.05, 0.1) is 12.6 Å². The van der Waals surface area contributed by atoms with E-state index >= 15 is 0 Å². The highest BCUT2D eigenvalue weighted by Gasteiger charge is 2.39. The van der Waals surface area contributed by atoms with Crippen LogP contribution in [-0.2, 0) is 4.79 Å². The number of nitrogens with one attached hydrogen (secondary N) is 1. The van der Waals surface area contributed by atoms with Crippen molar-refractivity contribution in [2.24, 2.45) is 0 Å². The lowest BCUT2D eigenvalue weighted by atomic mass is 10.2. The molecule has 0 aromatic heterocycles. The molecule has 0 radical (unpaired) electrons. The first-order valence-corrected chi connectivity index (χ1v) is 5.15. The van der Waals surface area contributed by atoms with Crippen LogP contribution in [0, 0.1) is 0 Å². The highest BCUT2D eigenvalue weighted by atomic mass is 19.4. The van der Waals surface area contributed by atoms with Crippen molar-refractivity contribution >= 4 is 12.0 Å². The number of carbonyl (C=O) groups is 1. The van der Waals surface area contributed by atoms with Crippen molar-refractivity contribution in [1.29, 1.82) is 0 Å². The number of benzene rings is 1. The van der Waals surface area contributed by atoms with Gasteiger partial charge in [-0.25, -0.2) is 0 Å². The van der Waals surface area contributed by atoms with E-state index < -0.39 is 24.7 Å². The number of halogens is 3. The zero-order valence-corrected chi connectivity index (χ0v) is 9.32. The third-order valence-electron chi connectivity index (χ3n) is 2.09. The number of alkyl halides is 3. The van der Waals surface area contributed by atoms with Crippen molar-refractivity contribution in [3.05, 3.63) is 42.0 Å². The Balaban J connectivity index is 2.63. The van der Waals surface area contributed by atoms with E-state index in [4.69, 9.17) is 5.11 Å². The number of carbonyl (C=O) groups excluding carboxylic acids is 1. The maximum atomic E-state index is 12.0. The molecule has 98 valence electrons. The van der Waals surface area contributed by atoms with Gasteiger partial charge in [-0.2, -0.15) is 13.2 Å². The average Bonchev–Trinajstić information content (AvgIpc) is 2.34. The fourth-order valence-corrected chi connectivity index (χ4v) is 1.20. The lowest BCUT2D eigenvalue weighted by molar-refractivity contribution is -0.174. The van der Waals surface area contributed by atoms with Crippen LogP contribution in [0.2, 0.25) is 0 Å². The quantitative estimate of drug-likeness (QED) is 0.865. The molecule has 0 aliphatic rings. The predicted octanol–water partition coefficient (Wildman–Crippen LogP) is 1.74. The largest absolute Gasteiger partial charge is 0.471 e. The van der Waals surface area contributed by atoms with Crippen LogP contribution in [0.15, 0.2) is 36.4 Å². The molecule has 6 heteroatoms. The number of rotatable bonds is 4. The summed E-state index contributed by atoms with van der Waals surface area (Å²) >= 11 is 0. The van der Waals surface area contributed by atoms with E-state index in [-0.39, 0.29) is 0 Å². The summed E-state index contributed by atoms with van der Waals surface area (Å²) in [7, 11) is 0. The summed E-state index contributed by atoms with van der Waals surface area (Å²) in [6.45, 7) is -0.606. The molecular formula is C12H12F3NO2. The van der Waals surface area contributed by atoms with Crippen molar-refractivity contribution in [1.82, 2.24) is 5.32 Å². The minimum absolute atomic E-state index is 0.606. The maximum Gasteiger partial charge on any atom is 0.471 e. The molecule has 1 amide bonds. The van der Waals surface area contributed by atoms with Crippen molar-refractivity contribution in [3.8, 4) is 0 Å². The molecule has 1 atom stereocenters. The second-order valence-electron chi connectivity index (χ2n) is 3.53. The average molecular weight is 259 g/mol. The normalized spacial score (nSPS) is 13.6. The molecule has 0 heterocycles. The summed E-state index contributed by atoms with van der Waals surface area (Å²) in [5.41, 5.74) is 0.761. The van der Waals surface area contributed by atoms with Crippen LogP contribution < -0.4 is 5.32 Å². The van der Waals surface area contributed by atoms with Crippen LogP contribution in [0.5, 0.6) is 0 Å². The van der Waals surface area contributed by atoms with Gasteiger partial charge in [-0.15, -0.1) is 0 Å². The topological polar surface area (TPSA) is 49.3 Å². The Labute approximate surface area is 102 Å². The third kappa shape index (κ3) is 4.58. The Bertz CT molecular complexity index is 415. The summed E-state index contributed by atoms with van der Waals surface area (Å²) in [5, 5.41) is 10.6. The van der Waals surface area contributed by atoms with Gasteiger partial charge in [0.2, 0.25) is 0 Å². The highest BCUT2D eigenvalue weighted by Crippen LogP contribution is 2.14. The Morgan fingerprint density at radius 1 is 1.33 bits per heavy atom. The van der Waals surface area contributed by atoms with Gasteiger partial charge in [0.15, 0.2) is 0 Å². The first-order chi connectivity index (χ1) is 8.43. The lowest BCUT2D eigenvalue weighted by Gasteiger charge is -2.13. The van der Waals surface area contributed by atoms with Crippen LogP contribution >= 0.6 is 0 Å². The van der Waals surface area contributed by atoms with Gasteiger partial charge >= 0.3 is 12.1 Å². The third-order valence-corrected chi connectivity index (χ3v) is 2.09. The lowest BCUT2D eigenvalue weighted by Crippen LogP contribution is -2.43. The molecule has 0 unspecified atom stereocenters. The van der Waals surface area contributed by atoms with Gasteiger partial charge in [0, 0.05) is 0 Å². The molecule has 0 aliphatic carbocycles. The molecule has 0 saturated carbocycles. The van der Waals surface area contributed by atoms with Crippen LogP contribution in [0.3, 0.4) is 0 Å². The molecule has 1 aromatic rings. The number of aliphatic hydroxyl groups is 1. The predicted molar refractivity (Wildman–Crippen MR) is 60.5 cm³/mol. The Morgan fingerprint density at radius 2 is 1.94 bits per heavy atom. The van der Waals surface area contributed by atoms with Gasteiger partial charge in [0.1, 0.15) is 0 Å². The molecule has 0 saturated heterocycles. The van der Waals surface area contributed by atoms with Crippen LogP contribution in [0.25, 0.3) is 6.08 Å². The fourth-order valence-electron chi connectivity index (χ4n) is 1.20. The van der Waals surface area contributed by atoms with Crippen molar-refractivity contribution in [2.45, 2.75) is 12.2 Å². The maximum absolute atomic E-state index is 12.0. The molecule has 1 aromatic carbocycles. The van der Waals surface area contributed by atoms with E-state index in [1.54, 1.807) is 35.6 Å². The highest BCUT2D eigenvalue weighted by molar-refractivity contribution is 5.82. The number of aliphatic hydroxyl groups excluding tert-OH is 1. The Morgan fingerprint density at radius 3 is 2.44 bits per heavy atom. The zero-order chi connectivity index (χ0) is 13.6. The van der Waals surface area contributed by atoms with Crippen molar-refractivity contribution in [2.75, 3.05) is 6.61 Å². The van der Waals surface area contributed by atoms with Gasteiger partial charge in [0.25, 0.3) is 0 Å². The summed E-state index contributed by atoms with van der Waals surface area (Å²) in [4.78, 5) is 10.7. The molecule has 0 fully saturated rings. The Kier molecular flexibility index (Phi) is 4.91. The number of hydrogen-bond donors (Lipinski definition) is 2. The van der Waals surface area contributed by atoms with E-state index in [0.717, 1.165) is 5.56 Å². The number of hydrogen-bond acceptors (Lipinski definition) is 2. The van der Waals surface area contributed by atoms with E-state index in [1.165, 1.54) is 12.2 Å². The second kappa shape index (κ2) is 6.20. The zero-order valence-electron chi connectivity index (χ0n) is 9.32. The summed E-state index contributed by atoms with van der Waals surface area (Å²) < 4.78 is 36.0. The van der Waals surface area contributed by atoms with Crippen molar-refractivity contribution in [3.63, 3.8) is 0 Å². The summed E-state index contributed by atoms with van der Waals surface area (Å²) in [6, 6.07) is 7.75. The standard InChI is InChI=1S/C12H12F3NO2/c13-12(14,15)11(18)16-10(8-17)7-6-9-4-2-1-3-5-9/h1-7,10,17H,8H2,(H,16,18)/t10-/m0/s1. The van der Waals surface area contributed by atoms with Gasteiger partial charge < -0.3 is 10.4 Å². The first-order valence-electron chi connectivity index (χ1n) is 5.15. The van der Waals surface area contributed by atoms with Crippen molar-refractivity contribution < 1.29 is 23.1 Å². The van der Waals surface area contributed by atoms with E-state index in [9.17, 15) is 18.0 Å². The van der Waals surface area contributed by atoms with E-state index in [2.05, 4.69) is 0 Å². The van der Waals surface area contributed by atoms with Crippen LogP contribution in [0.4, 0.5) is 13.2 Å². The van der Waals surface area contributed by atoms with Gasteiger partial charge in [-0.3, -0.25) is 4.79 Å².